The molecule has 0 radical (unpaired) electrons. The summed E-state index contributed by atoms with van der Waals surface area (Å²) in [7, 11) is 0. The summed E-state index contributed by atoms with van der Waals surface area (Å²) in [6.45, 7) is 4.68. The maximum absolute atomic E-state index is 12.7. The van der Waals surface area contributed by atoms with Crippen molar-refractivity contribution < 1.29 is 9.59 Å². The highest BCUT2D eigenvalue weighted by molar-refractivity contribution is 5.98. The third-order valence-electron chi connectivity index (χ3n) is 4.95. The Kier molecular flexibility index (Phi) is 4.96. The standard InChI is InChI=1S/C18H25N3O2/c1-13-12-19-10-9-15(13)20-17(22)16-8-5-11-21(16)18(23)14-6-3-2-4-7-14/h2-4,6-7,13,15-16,19H,5,8-12H2,1H3,(H,20,22). The van der Waals surface area contributed by atoms with Gasteiger partial charge in [-0.25, -0.2) is 0 Å². The van der Waals surface area contributed by atoms with Gasteiger partial charge in [0.2, 0.25) is 5.91 Å². The third kappa shape index (κ3) is 3.55. The summed E-state index contributed by atoms with van der Waals surface area (Å²) < 4.78 is 0. The molecule has 0 aromatic heterocycles. The van der Waals surface area contributed by atoms with Crippen LogP contribution < -0.4 is 10.6 Å². The average Bonchev–Trinajstić information content (AvgIpc) is 3.07. The fourth-order valence-electron chi connectivity index (χ4n) is 3.54. The van der Waals surface area contributed by atoms with Gasteiger partial charge in [-0.05, 0) is 50.4 Å². The van der Waals surface area contributed by atoms with Gasteiger partial charge in [-0.2, -0.15) is 0 Å². The summed E-state index contributed by atoms with van der Waals surface area (Å²) >= 11 is 0. The summed E-state index contributed by atoms with van der Waals surface area (Å²) in [5.41, 5.74) is 0.655. The van der Waals surface area contributed by atoms with Crippen molar-refractivity contribution in [3.05, 3.63) is 35.9 Å². The fraction of sp³-hybridized carbons (Fsp3) is 0.556. The van der Waals surface area contributed by atoms with Crippen LogP contribution in [0.5, 0.6) is 0 Å². The van der Waals surface area contributed by atoms with Crippen molar-refractivity contribution in [3.63, 3.8) is 0 Å². The molecule has 5 nitrogen and oxygen atoms in total. The van der Waals surface area contributed by atoms with Crippen LogP contribution in [0.2, 0.25) is 0 Å². The molecule has 2 fully saturated rings. The van der Waals surface area contributed by atoms with Gasteiger partial charge in [-0.15, -0.1) is 0 Å². The van der Waals surface area contributed by atoms with Crippen molar-refractivity contribution in [1.82, 2.24) is 15.5 Å². The molecule has 0 bridgehead atoms. The van der Waals surface area contributed by atoms with E-state index in [4.69, 9.17) is 0 Å². The first-order valence-corrected chi connectivity index (χ1v) is 8.54. The lowest BCUT2D eigenvalue weighted by molar-refractivity contribution is -0.126. The van der Waals surface area contributed by atoms with Crippen molar-refractivity contribution in [1.29, 1.82) is 0 Å². The maximum Gasteiger partial charge on any atom is 0.254 e. The van der Waals surface area contributed by atoms with E-state index in [0.29, 0.717) is 18.0 Å². The van der Waals surface area contributed by atoms with E-state index in [-0.39, 0.29) is 23.9 Å². The first-order chi connectivity index (χ1) is 11.2. The van der Waals surface area contributed by atoms with Crippen LogP contribution in [0.25, 0.3) is 0 Å². The van der Waals surface area contributed by atoms with Crippen LogP contribution in [-0.4, -0.2) is 48.4 Å². The van der Waals surface area contributed by atoms with E-state index in [1.807, 2.05) is 30.3 Å². The lowest BCUT2D eigenvalue weighted by atomic mass is 9.95. The molecule has 0 saturated carbocycles. The van der Waals surface area contributed by atoms with E-state index >= 15 is 0 Å². The molecule has 1 aromatic carbocycles. The fourth-order valence-corrected chi connectivity index (χ4v) is 3.54. The second kappa shape index (κ2) is 7.13. The SMILES string of the molecule is CC1CNCCC1NC(=O)C1CCCN1C(=O)c1ccccc1. The zero-order chi connectivity index (χ0) is 16.2. The number of carbonyl (C=O) groups excluding carboxylic acids is 2. The van der Waals surface area contributed by atoms with Gasteiger partial charge >= 0.3 is 0 Å². The van der Waals surface area contributed by atoms with Crippen molar-refractivity contribution >= 4 is 11.8 Å². The summed E-state index contributed by atoms with van der Waals surface area (Å²) in [5, 5.41) is 6.51. The molecule has 2 N–H and O–H groups in total. The normalized spacial score (nSPS) is 27.7. The summed E-state index contributed by atoms with van der Waals surface area (Å²) in [6, 6.07) is 9.10. The van der Waals surface area contributed by atoms with E-state index in [2.05, 4.69) is 17.6 Å². The lowest BCUT2D eigenvalue weighted by Gasteiger charge is -2.32. The highest BCUT2D eigenvalue weighted by Gasteiger charge is 2.36. The molecule has 3 unspecified atom stereocenters. The average molecular weight is 315 g/mol. The number of benzene rings is 1. The number of nitrogens with zero attached hydrogens (tertiary/aromatic N) is 1. The van der Waals surface area contributed by atoms with Crippen LogP contribution in [0.4, 0.5) is 0 Å². The third-order valence-corrected chi connectivity index (χ3v) is 4.95. The van der Waals surface area contributed by atoms with E-state index in [1.165, 1.54) is 0 Å². The Morgan fingerprint density at radius 1 is 1.22 bits per heavy atom. The first kappa shape index (κ1) is 16.0. The molecule has 2 saturated heterocycles. The molecular formula is C18H25N3O2. The first-order valence-electron chi connectivity index (χ1n) is 8.54. The van der Waals surface area contributed by atoms with Gasteiger partial charge in [0.1, 0.15) is 6.04 Å². The van der Waals surface area contributed by atoms with Crippen molar-refractivity contribution in [3.8, 4) is 0 Å². The van der Waals surface area contributed by atoms with E-state index < -0.39 is 0 Å². The Hall–Kier alpha value is -1.88. The van der Waals surface area contributed by atoms with Gasteiger partial charge in [-0.3, -0.25) is 9.59 Å². The summed E-state index contributed by atoms with van der Waals surface area (Å²) in [5.74, 6) is 0.388. The Labute approximate surface area is 137 Å². The topological polar surface area (TPSA) is 61.4 Å². The largest absolute Gasteiger partial charge is 0.351 e. The van der Waals surface area contributed by atoms with Gasteiger partial charge in [-0.1, -0.05) is 25.1 Å². The number of likely N-dealkylation sites (tertiary alicyclic amines) is 1. The summed E-state index contributed by atoms with van der Waals surface area (Å²) in [6.07, 6.45) is 2.59. The highest BCUT2D eigenvalue weighted by Crippen LogP contribution is 2.21. The van der Waals surface area contributed by atoms with Gasteiger partial charge < -0.3 is 15.5 Å². The van der Waals surface area contributed by atoms with Crippen LogP contribution in [0.3, 0.4) is 0 Å². The molecule has 23 heavy (non-hydrogen) atoms. The molecule has 0 aliphatic carbocycles. The highest BCUT2D eigenvalue weighted by atomic mass is 16.2. The number of carbonyl (C=O) groups is 2. The number of hydrogen-bond donors (Lipinski definition) is 2. The van der Waals surface area contributed by atoms with Crippen LogP contribution in [0.15, 0.2) is 30.3 Å². The molecule has 124 valence electrons. The van der Waals surface area contributed by atoms with E-state index in [1.54, 1.807) is 4.90 Å². The smallest absolute Gasteiger partial charge is 0.254 e. The Bertz CT molecular complexity index is 561. The number of hydrogen-bond acceptors (Lipinski definition) is 3. The van der Waals surface area contributed by atoms with Crippen molar-refractivity contribution in [2.75, 3.05) is 19.6 Å². The Morgan fingerprint density at radius 3 is 2.74 bits per heavy atom. The monoisotopic (exact) mass is 315 g/mol. The molecule has 5 heteroatoms. The maximum atomic E-state index is 12.7. The van der Waals surface area contributed by atoms with Crippen molar-refractivity contribution in [2.45, 2.75) is 38.3 Å². The van der Waals surface area contributed by atoms with Gasteiger partial charge in [0.15, 0.2) is 0 Å². The van der Waals surface area contributed by atoms with Crippen LogP contribution in [0.1, 0.15) is 36.5 Å². The van der Waals surface area contributed by atoms with Crippen LogP contribution >= 0.6 is 0 Å². The Balaban J connectivity index is 1.66. The molecule has 2 aliphatic rings. The van der Waals surface area contributed by atoms with Gasteiger partial charge in [0.25, 0.3) is 5.91 Å². The minimum Gasteiger partial charge on any atom is -0.351 e. The zero-order valence-electron chi connectivity index (χ0n) is 13.6. The van der Waals surface area contributed by atoms with E-state index in [0.717, 1.165) is 32.4 Å². The minimum atomic E-state index is -0.329. The number of piperidine rings is 1. The molecule has 0 spiro atoms. The molecule has 3 atom stereocenters. The van der Waals surface area contributed by atoms with Crippen LogP contribution in [-0.2, 0) is 4.79 Å². The Morgan fingerprint density at radius 2 is 2.00 bits per heavy atom. The lowest BCUT2D eigenvalue weighted by Crippen LogP contribution is -2.53. The molecule has 3 rings (SSSR count). The van der Waals surface area contributed by atoms with Gasteiger partial charge in [0.05, 0.1) is 0 Å². The molecule has 2 amide bonds. The number of rotatable bonds is 3. The summed E-state index contributed by atoms with van der Waals surface area (Å²) in [4.78, 5) is 27.1. The molecular weight excluding hydrogens is 290 g/mol. The second-order valence-electron chi connectivity index (χ2n) is 6.61. The number of amides is 2. The van der Waals surface area contributed by atoms with Crippen molar-refractivity contribution in [2.24, 2.45) is 5.92 Å². The van der Waals surface area contributed by atoms with E-state index in [9.17, 15) is 9.59 Å². The second-order valence-corrected chi connectivity index (χ2v) is 6.61. The predicted octanol–water partition coefficient (Wildman–Crippen LogP) is 1.41. The molecule has 2 heterocycles. The predicted molar refractivity (Wildman–Crippen MR) is 89.1 cm³/mol. The zero-order valence-corrected chi connectivity index (χ0v) is 13.6. The quantitative estimate of drug-likeness (QED) is 0.886. The molecule has 1 aromatic rings. The molecule has 2 aliphatic heterocycles. The van der Waals surface area contributed by atoms with Crippen LogP contribution in [0, 0.1) is 5.92 Å². The number of nitrogens with one attached hydrogen (secondary N) is 2. The van der Waals surface area contributed by atoms with Gasteiger partial charge in [0, 0.05) is 18.2 Å². The minimum absolute atomic E-state index is 0.00512.